The lowest BCUT2D eigenvalue weighted by Gasteiger charge is -2.35. The van der Waals surface area contributed by atoms with E-state index >= 15 is 0 Å². The number of hydrogen-bond acceptors (Lipinski definition) is 5. The van der Waals surface area contributed by atoms with Crippen molar-refractivity contribution in [2.45, 2.75) is 6.54 Å². The molecule has 0 saturated carbocycles. The first kappa shape index (κ1) is 14.8. The first-order valence-corrected chi connectivity index (χ1v) is 8.21. The number of benzene rings is 1. The Morgan fingerprint density at radius 3 is 2.54 bits per heavy atom. The van der Waals surface area contributed by atoms with Crippen molar-refractivity contribution in [2.75, 3.05) is 31.1 Å². The van der Waals surface area contributed by atoms with Crippen LogP contribution in [0.4, 0.5) is 5.82 Å². The number of rotatable bonds is 4. The van der Waals surface area contributed by atoms with Crippen LogP contribution < -0.4 is 4.90 Å². The average Bonchev–Trinajstić information content (AvgIpc) is 3.12. The Hall–Kier alpha value is -2.73. The van der Waals surface area contributed by atoms with E-state index in [-0.39, 0.29) is 0 Å². The van der Waals surface area contributed by atoms with Gasteiger partial charge in [0.1, 0.15) is 18.0 Å². The zero-order valence-electron chi connectivity index (χ0n) is 13.5. The summed E-state index contributed by atoms with van der Waals surface area (Å²) in [7, 11) is 0. The molecule has 6 nitrogen and oxygen atoms in total. The van der Waals surface area contributed by atoms with Crippen LogP contribution in [0, 0.1) is 0 Å². The van der Waals surface area contributed by atoms with Crippen molar-refractivity contribution in [3.63, 3.8) is 0 Å². The van der Waals surface area contributed by atoms with Crippen molar-refractivity contribution < 1.29 is 0 Å². The minimum Gasteiger partial charge on any atom is -0.354 e. The highest BCUT2D eigenvalue weighted by Gasteiger charge is 2.18. The summed E-state index contributed by atoms with van der Waals surface area (Å²) in [6, 6.07) is 12.2. The monoisotopic (exact) mass is 320 g/mol. The van der Waals surface area contributed by atoms with E-state index < -0.39 is 0 Å². The minimum atomic E-state index is 0.900. The fourth-order valence-electron chi connectivity index (χ4n) is 3.03. The van der Waals surface area contributed by atoms with E-state index in [2.05, 4.69) is 41.9 Å². The molecule has 24 heavy (non-hydrogen) atoms. The molecule has 3 heterocycles. The number of aromatic amines is 1. The number of hydrogen-bond donors (Lipinski definition) is 1. The fourth-order valence-corrected chi connectivity index (χ4v) is 3.03. The standard InChI is InChI=1S/C18H20N6/c1-2-4-15(5-3-1)18-20-12-16(22-18)13-23-8-10-24(11-9-23)17-6-7-19-14-21-17/h1-7,12,14H,8-11,13H2,(H,20,22). The summed E-state index contributed by atoms with van der Waals surface area (Å²) in [6.07, 6.45) is 5.35. The van der Waals surface area contributed by atoms with Crippen molar-refractivity contribution in [3.05, 3.63) is 60.8 Å². The highest BCUT2D eigenvalue weighted by atomic mass is 15.3. The number of H-pyrrole nitrogens is 1. The van der Waals surface area contributed by atoms with Crippen LogP contribution in [0.2, 0.25) is 0 Å². The highest BCUT2D eigenvalue weighted by molar-refractivity contribution is 5.54. The fraction of sp³-hybridized carbons (Fsp3) is 0.278. The first-order valence-electron chi connectivity index (χ1n) is 8.21. The lowest BCUT2D eigenvalue weighted by atomic mass is 10.2. The van der Waals surface area contributed by atoms with Crippen LogP contribution in [0.1, 0.15) is 5.69 Å². The normalized spacial score (nSPS) is 15.6. The molecule has 0 unspecified atom stereocenters. The Morgan fingerprint density at radius 2 is 1.79 bits per heavy atom. The van der Waals surface area contributed by atoms with Crippen molar-refractivity contribution >= 4 is 5.82 Å². The third-order valence-electron chi connectivity index (χ3n) is 4.33. The topological polar surface area (TPSA) is 60.9 Å². The summed E-state index contributed by atoms with van der Waals surface area (Å²) in [6.45, 7) is 4.90. The minimum absolute atomic E-state index is 0.900. The Morgan fingerprint density at radius 1 is 0.958 bits per heavy atom. The van der Waals surface area contributed by atoms with Gasteiger partial charge in [0.2, 0.25) is 0 Å². The Labute approximate surface area is 141 Å². The Balaban J connectivity index is 1.35. The Bertz CT molecular complexity index is 762. The van der Waals surface area contributed by atoms with E-state index in [1.807, 2.05) is 30.5 Å². The molecule has 2 aromatic heterocycles. The van der Waals surface area contributed by atoms with Gasteiger partial charge in [-0.25, -0.2) is 15.0 Å². The third kappa shape index (κ3) is 3.28. The smallest absolute Gasteiger partial charge is 0.137 e. The maximum Gasteiger partial charge on any atom is 0.137 e. The number of nitrogens with zero attached hydrogens (tertiary/aromatic N) is 5. The number of nitrogens with one attached hydrogen (secondary N) is 1. The van der Waals surface area contributed by atoms with Gasteiger partial charge in [-0.15, -0.1) is 0 Å². The maximum atomic E-state index is 4.50. The number of imidazole rings is 1. The summed E-state index contributed by atoms with van der Waals surface area (Å²) in [4.78, 5) is 21.0. The van der Waals surface area contributed by atoms with Crippen molar-refractivity contribution in [1.29, 1.82) is 0 Å². The van der Waals surface area contributed by atoms with E-state index in [0.717, 1.165) is 55.6 Å². The summed E-state index contributed by atoms with van der Waals surface area (Å²) in [5.41, 5.74) is 2.28. The van der Waals surface area contributed by atoms with Gasteiger partial charge < -0.3 is 9.88 Å². The molecule has 3 aromatic rings. The molecule has 1 saturated heterocycles. The van der Waals surface area contributed by atoms with Gasteiger partial charge in [0.15, 0.2) is 0 Å². The van der Waals surface area contributed by atoms with E-state index in [0.29, 0.717) is 0 Å². The van der Waals surface area contributed by atoms with Gasteiger partial charge in [0.25, 0.3) is 0 Å². The van der Waals surface area contributed by atoms with E-state index in [4.69, 9.17) is 0 Å². The van der Waals surface area contributed by atoms with Crippen LogP contribution >= 0.6 is 0 Å². The van der Waals surface area contributed by atoms with Crippen molar-refractivity contribution in [3.8, 4) is 11.4 Å². The number of anilines is 1. The van der Waals surface area contributed by atoms with Crippen LogP contribution in [-0.2, 0) is 6.54 Å². The quantitative estimate of drug-likeness (QED) is 0.798. The molecule has 1 aliphatic rings. The summed E-state index contributed by atoms with van der Waals surface area (Å²) >= 11 is 0. The maximum absolute atomic E-state index is 4.50. The predicted octanol–water partition coefficient (Wildman–Crippen LogP) is 2.19. The lowest BCUT2D eigenvalue weighted by Crippen LogP contribution is -2.46. The lowest BCUT2D eigenvalue weighted by molar-refractivity contribution is 0.247. The summed E-state index contributed by atoms with van der Waals surface area (Å²) in [5, 5.41) is 0. The molecule has 1 fully saturated rings. The molecule has 0 bridgehead atoms. The molecule has 0 amide bonds. The molecule has 122 valence electrons. The molecular weight excluding hydrogens is 300 g/mol. The zero-order valence-corrected chi connectivity index (χ0v) is 13.5. The predicted molar refractivity (Wildman–Crippen MR) is 93.5 cm³/mol. The Kier molecular flexibility index (Phi) is 4.20. The summed E-state index contributed by atoms with van der Waals surface area (Å²) in [5.74, 6) is 1.95. The van der Waals surface area contributed by atoms with Gasteiger partial charge in [-0.3, -0.25) is 4.90 Å². The van der Waals surface area contributed by atoms with Crippen molar-refractivity contribution in [1.82, 2.24) is 24.8 Å². The largest absolute Gasteiger partial charge is 0.354 e. The second-order valence-electron chi connectivity index (χ2n) is 5.95. The van der Waals surface area contributed by atoms with Gasteiger partial charge >= 0.3 is 0 Å². The molecule has 1 N–H and O–H groups in total. The SMILES string of the molecule is c1ccc(-c2ncc(CN3CCN(c4ccncn4)CC3)[nH]2)cc1. The van der Waals surface area contributed by atoms with Gasteiger partial charge in [-0.1, -0.05) is 30.3 Å². The van der Waals surface area contributed by atoms with E-state index in [1.54, 1.807) is 12.5 Å². The molecule has 0 atom stereocenters. The van der Waals surface area contributed by atoms with Crippen LogP contribution in [0.15, 0.2) is 55.1 Å². The first-order chi connectivity index (χ1) is 11.9. The van der Waals surface area contributed by atoms with Gasteiger partial charge in [-0.2, -0.15) is 0 Å². The molecule has 1 aromatic carbocycles. The number of aromatic nitrogens is 4. The highest BCUT2D eigenvalue weighted by Crippen LogP contribution is 2.17. The molecule has 4 rings (SSSR count). The molecule has 0 spiro atoms. The molecule has 0 radical (unpaired) electrons. The third-order valence-corrected chi connectivity index (χ3v) is 4.33. The van der Waals surface area contributed by atoms with Gasteiger partial charge in [0, 0.05) is 56.4 Å². The second kappa shape index (κ2) is 6.80. The second-order valence-corrected chi connectivity index (χ2v) is 5.95. The number of piperazine rings is 1. The van der Waals surface area contributed by atoms with Crippen molar-refractivity contribution in [2.24, 2.45) is 0 Å². The molecule has 1 aliphatic heterocycles. The average molecular weight is 320 g/mol. The van der Waals surface area contributed by atoms with Crippen LogP contribution in [0.3, 0.4) is 0 Å². The summed E-state index contributed by atoms with van der Waals surface area (Å²) < 4.78 is 0. The molecule has 6 heteroatoms. The van der Waals surface area contributed by atoms with E-state index in [9.17, 15) is 0 Å². The zero-order chi connectivity index (χ0) is 16.2. The van der Waals surface area contributed by atoms with Gasteiger partial charge in [0.05, 0.1) is 0 Å². The van der Waals surface area contributed by atoms with Crippen LogP contribution in [-0.4, -0.2) is 51.0 Å². The molecular formula is C18H20N6. The molecule has 0 aliphatic carbocycles. The van der Waals surface area contributed by atoms with E-state index in [1.165, 1.54) is 0 Å². The van der Waals surface area contributed by atoms with Crippen LogP contribution in [0.5, 0.6) is 0 Å². The van der Waals surface area contributed by atoms with Gasteiger partial charge in [-0.05, 0) is 6.07 Å². The van der Waals surface area contributed by atoms with Crippen LogP contribution in [0.25, 0.3) is 11.4 Å².